The highest BCUT2D eigenvalue weighted by Gasteiger charge is 2.29. The smallest absolute Gasteiger partial charge is 0.219 e. The zero-order valence-corrected chi connectivity index (χ0v) is 12.0. The first-order valence-electron chi connectivity index (χ1n) is 7.12. The molecule has 2 rings (SSSR count). The second kappa shape index (κ2) is 6.04. The predicted molar refractivity (Wildman–Crippen MR) is 77.0 cm³/mol. The first-order valence-corrected chi connectivity index (χ1v) is 7.12. The van der Waals surface area contributed by atoms with Crippen LogP contribution in [0.2, 0.25) is 0 Å². The molecule has 2 unspecified atom stereocenters. The second-order valence-corrected chi connectivity index (χ2v) is 5.27. The van der Waals surface area contributed by atoms with Gasteiger partial charge in [0.25, 0.3) is 0 Å². The minimum atomic E-state index is 0.154. The molecule has 0 bridgehead atoms. The number of rotatable bonds is 4. The highest BCUT2D eigenvalue weighted by atomic mass is 16.2. The van der Waals surface area contributed by atoms with E-state index in [0.717, 1.165) is 37.2 Å². The lowest BCUT2D eigenvalue weighted by Crippen LogP contribution is -2.29. The second-order valence-electron chi connectivity index (χ2n) is 5.27. The third kappa shape index (κ3) is 3.06. The van der Waals surface area contributed by atoms with Crippen LogP contribution >= 0.6 is 0 Å². The van der Waals surface area contributed by atoms with Crippen LogP contribution < -0.4 is 5.32 Å². The monoisotopic (exact) mass is 261 g/mol. The fourth-order valence-corrected chi connectivity index (χ4v) is 2.61. The van der Waals surface area contributed by atoms with Crippen molar-refractivity contribution in [1.29, 1.82) is 0 Å². The molecular weight excluding hydrogens is 238 g/mol. The lowest BCUT2D eigenvalue weighted by molar-refractivity contribution is -0.129. The van der Waals surface area contributed by atoms with Crippen molar-refractivity contribution in [2.45, 2.75) is 52.1 Å². The SMILES string of the molecule is CCC(C)Nc1ncccc1C1CCCN1C(C)=O. The van der Waals surface area contributed by atoms with E-state index in [2.05, 4.69) is 30.2 Å². The van der Waals surface area contributed by atoms with E-state index in [-0.39, 0.29) is 11.9 Å². The van der Waals surface area contributed by atoms with E-state index < -0.39 is 0 Å². The number of amides is 1. The molecule has 2 atom stereocenters. The first kappa shape index (κ1) is 13.8. The molecule has 0 aliphatic carbocycles. The number of pyridine rings is 1. The van der Waals surface area contributed by atoms with Crippen LogP contribution in [-0.2, 0) is 4.79 Å². The number of nitrogens with zero attached hydrogens (tertiary/aromatic N) is 2. The molecule has 0 saturated carbocycles. The third-order valence-corrected chi connectivity index (χ3v) is 3.85. The number of nitrogens with one attached hydrogen (secondary N) is 1. The van der Waals surface area contributed by atoms with E-state index in [9.17, 15) is 4.79 Å². The van der Waals surface area contributed by atoms with Crippen molar-refractivity contribution in [2.75, 3.05) is 11.9 Å². The molecule has 4 nitrogen and oxygen atoms in total. The van der Waals surface area contributed by atoms with Crippen LogP contribution in [0.25, 0.3) is 0 Å². The normalized spacial score (nSPS) is 20.4. The molecule has 1 N–H and O–H groups in total. The summed E-state index contributed by atoms with van der Waals surface area (Å²) < 4.78 is 0. The van der Waals surface area contributed by atoms with Gasteiger partial charge in [0.05, 0.1) is 6.04 Å². The van der Waals surface area contributed by atoms with Crippen LogP contribution in [0.15, 0.2) is 18.3 Å². The average molecular weight is 261 g/mol. The van der Waals surface area contributed by atoms with Crippen molar-refractivity contribution >= 4 is 11.7 Å². The highest BCUT2D eigenvalue weighted by Crippen LogP contribution is 2.35. The Labute approximate surface area is 115 Å². The van der Waals surface area contributed by atoms with Crippen LogP contribution in [0.5, 0.6) is 0 Å². The van der Waals surface area contributed by atoms with Gasteiger partial charge in [0.1, 0.15) is 5.82 Å². The van der Waals surface area contributed by atoms with Crippen molar-refractivity contribution in [3.05, 3.63) is 23.9 Å². The largest absolute Gasteiger partial charge is 0.367 e. The molecule has 1 amide bonds. The lowest BCUT2D eigenvalue weighted by atomic mass is 10.0. The standard InChI is InChI=1S/C15H23N3O/c1-4-11(2)17-15-13(7-5-9-16-15)14-8-6-10-18(14)12(3)19/h5,7,9,11,14H,4,6,8,10H2,1-3H3,(H,16,17). The van der Waals surface area contributed by atoms with Crippen molar-refractivity contribution < 1.29 is 4.79 Å². The molecular formula is C15H23N3O. The summed E-state index contributed by atoms with van der Waals surface area (Å²) in [5.74, 6) is 1.08. The van der Waals surface area contributed by atoms with Crippen molar-refractivity contribution in [2.24, 2.45) is 0 Å². The fourth-order valence-electron chi connectivity index (χ4n) is 2.61. The number of hydrogen-bond donors (Lipinski definition) is 1. The molecule has 0 aromatic carbocycles. The molecule has 104 valence electrons. The summed E-state index contributed by atoms with van der Waals surface area (Å²) in [6, 6.07) is 4.61. The molecule has 2 heterocycles. The van der Waals surface area contributed by atoms with Gasteiger partial charge in [-0.05, 0) is 32.3 Å². The molecule has 4 heteroatoms. The van der Waals surface area contributed by atoms with Gasteiger partial charge in [0, 0.05) is 31.3 Å². The van der Waals surface area contributed by atoms with Gasteiger partial charge in [0.2, 0.25) is 5.91 Å². The van der Waals surface area contributed by atoms with Crippen molar-refractivity contribution in [1.82, 2.24) is 9.88 Å². The van der Waals surface area contributed by atoms with Crippen LogP contribution in [-0.4, -0.2) is 28.4 Å². The molecule has 1 fully saturated rings. The zero-order valence-electron chi connectivity index (χ0n) is 12.0. The van der Waals surface area contributed by atoms with Crippen molar-refractivity contribution in [3.8, 4) is 0 Å². The van der Waals surface area contributed by atoms with E-state index >= 15 is 0 Å². The van der Waals surface area contributed by atoms with Crippen LogP contribution in [0.1, 0.15) is 51.6 Å². The van der Waals surface area contributed by atoms with Gasteiger partial charge in [-0.1, -0.05) is 13.0 Å². The Morgan fingerprint density at radius 1 is 1.63 bits per heavy atom. The zero-order chi connectivity index (χ0) is 13.8. The Kier molecular flexibility index (Phi) is 4.40. The highest BCUT2D eigenvalue weighted by molar-refractivity contribution is 5.74. The molecule has 1 saturated heterocycles. The summed E-state index contributed by atoms with van der Waals surface area (Å²) in [6.07, 6.45) is 4.96. The van der Waals surface area contributed by atoms with Gasteiger partial charge in [0.15, 0.2) is 0 Å². The number of hydrogen-bond acceptors (Lipinski definition) is 3. The van der Waals surface area contributed by atoms with E-state index in [1.165, 1.54) is 0 Å². The number of carbonyl (C=O) groups is 1. The predicted octanol–water partition coefficient (Wildman–Crippen LogP) is 2.98. The van der Waals surface area contributed by atoms with Gasteiger partial charge in [-0.15, -0.1) is 0 Å². The van der Waals surface area contributed by atoms with Gasteiger partial charge in [-0.25, -0.2) is 4.98 Å². The summed E-state index contributed by atoms with van der Waals surface area (Å²) >= 11 is 0. The maximum atomic E-state index is 11.7. The van der Waals surface area contributed by atoms with Crippen LogP contribution in [0.4, 0.5) is 5.82 Å². The third-order valence-electron chi connectivity index (χ3n) is 3.85. The molecule has 1 aromatic heterocycles. The molecule has 1 aromatic rings. The first-order chi connectivity index (χ1) is 9.13. The number of aromatic nitrogens is 1. The number of likely N-dealkylation sites (tertiary alicyclic amines) is 1. The van der Waals surface area contributed by atoms with Gasteiger partial charge < -0.3 is 10.2 Å². The topological polar surface area (TPSA) is 45.2 Å². The Morgan fingerprint density at radius 2 is 2.42 bits per heavy atom. The van der Waals surface area contributed by atoms with Crippen LogP contribution in [0.3, 0.4) is 0 Å². The van der Waals surface area contributed by atoms with E-state index in [1.54, 1.807) is 13.1 Å². The Balaban J connectivity index is 2.26. The summed E-state index contributed by atoms with van der Waals surface area (Å²) in [7, 11) is 0. The molecule has 0 radical (unpaired) electrons. The summed E-state index contributed by atoms with van der Waals surface area (Å²) in [5, 5.41) is 3.45. The van der Waals surface area contributed by atoms with E-state index in [4.69, 9.17) is 0 Å². The molecule has 1 aliphatic heterocycles. The van der Waals surface area contributed by atoms with E-state index in [1.807, 2.05) is 11.0 Å². The maximum Gasteiger partial charge on any atom is 0.219 e. The fraction of sp³-hybridized carbons (Fsp3) is 0.600. The van der Waals surface area contributed by atoms with Gasteiger partial charge >= 0.3 is 0 Å². The van der Waals surface area contributed by atoms with Crippen molar-refractivity contribution in [3.63, 3.8) is 0 Å². The summed E-state index contributed by atoms with van der Waals surface area (Å²) in [6.45, 7) is 6.81. The average Bonchev–Trinajstić information content (AvgIpc) is 2.88. The summed E-state index contributed by atoms with van der Waals surface area (Å²) in [4.78, 5) is 18.1. The minimum Gasteiger partial charge on any atom is -0.367 e. The van der Waals surface area contributed by atoms with Crippen LogP contribution in [0, 0.1) is 0 Å². The summed E-state index contributed by atoms with van der Waals surface area (Å²) in [5.41, 5.74) is 1.15. The minimum absolute atomic E-state index is 0.154. The van der Waals surface area contributed by atoms with Gasteiger partial charge in [-0.2, -0.15) is 0 Å². The Morgan fingerprint density at radius 3 is 3.11 bits per heavy atom. The maximum absolute atomic E-state index is 11.7. The molecule has 19 heavy (non-hydrogen) atoms. The Hall–Kier alpha value is -1.58. The van der Waals surface area contributed by atoms with E-state index in [0.29, 0.717) is 6.04 Å². The molecule has 1 aliphatic rings. The Bertz CT molecular complexity index is 447. The molecule has 0 spiro atoms. The number of anilines is 1. The lowest BCUT2D eigenvalue weighted by Gasteiger charge is -2.26. The quantitative estimate of drug-likeness (QED) is 0.906. The van der Waals surface area contributed by atoms with Gasteiger partial charge in [-0.3, -0.25) is 4.79 Å². The number of carbonyl (C=O) groups excluding carboxylic acids is 1.